The molecular formula is C15H20N6O. The maximum Gasteiger partial charge on any atom is 0.222 e. The highest BCUT2D eigenvalue weighted by atomic mass is 16.1. The van der Waals surface area contributed by atoms with Crippen molar-refractivity contribution in [2.75, 3.05) is 18.0 Å². The third-order valence-electron chi connectivity index (χ3n) is 3.76. The summed E-state index contributed by atoms with van der Waals surface area (Å²) in [6, 6.07) is 4.06. The largest absolute Gasteiger partial charge is 0.357 e. The molecule has 7 nitrogen and oxygen atoms in total. The van der Waals surface area contributed by atoms with E-state index in [9.17, 15) is 4.79 Å². The summed E-state index contributed by atoms with van der Waals surface area (Å²) in [5.74, 6) is 1.03. The van der Waals surface area contributed by atoms with Crippen LogP contribution in [0.2, 0.25) is 0 Å². The minimum absolute atomic E-state index is 0.000815. The third-order valence-corrected chi connectivity index (χ3v) is 3.76. The number of hydrogen-bond acceptors (Lipinski definition) is 5. The number of carbonyl (C=O) groups is 1. The van der Waals surface area contributed by atoms with E-state index in [1.807, 2.05) is 18.3 Å². The van der Waals surface area contributed by atoms with Crippen molar-refractivity contribution < 1.29 is 4.79 Å². The summed E-state index contributed by atoms with van der Waals surface area (Å²) >= 11 is 0. The van der Waals surface area contributed by atoms with Gasteiger partial charge < -0.3 is 10.2 Å². The zero-order chi connectivity index (χ0) is 15.2. The molecule has 7 heteroatoms. The van der Waals surface area contributed by atoms with Crippen LogP contribution in [0.15, 0.2) is 31.0 Å². The molecule has 1 aliphatic heterocycles. The van der Waals surface area contributed by atoms with Gasteiger partial charge in [0.25, 0.3) is 0 Å². The average molecular weight is 300 g/mol. The molecule has 2 aromatic heterocycles. The predicted molar refractivity (Wildman–Crippen MR) is 82.2 cm³/mol. The van der Waals surface area contributed by atoms with Crippen LogP contribution < -0.4 is 10.2 Å². The van der Waals surface area contributed by atoms with Crippen molar-refractivity contribution in [2.45, 2.75) is 32.4 Å². The summed E-state index contributed by atoms with van der Waals surface area (Å²) in [6.07, 6.45) is 7.78. The number of amides is 1. The van der Waals surface area contributed by atoms with Gasteiger partial charge in [-0.25, -0.2) is 9.97 Å². The first-order chi connectivity index (χ1) is 10.8. The molecule has 1 fully saturated rings. The molecule has 1 aliphatic rings. The molecule has 1 N–H and O–H groups in total. The molecule has 1 saturated heterocycles. The lowest BCUT2D eigenvalue weighted by molar-refractivity contribution is -0.121. The first-order valence-corrected chi connectivity index (χ1v) is 7.60. The highest BCUT2D eigenvalue weighted by Crippen LogP contribution is 2.17. The molecule has 0 bridgehead atoms. The third kappa shape index (κ3) is 3.81. The fourth-order valence-electron chi connectivity index (χ4n) is 2.51. The van der Waals surface area contributed by atoms with Crippen molar-refractivity contribution in [1.82, 2.24) is 25.1 Å². The summed E-state index contributed by atoms with van der Waals surface area (Å²) in [6.45, 7) is 3.22. The van der Waals surface area contributed by atoms with Crippen LogP contribution in [0.25, 0.3) is 0 Å². The molecule has 3 heterocycles. The van der Waals surface area contributed by atoms with E-state index in [-0.39, 0.29) is 5.91 Å². The molecule has 0 aliphatic carbocycles. The van der Waals surface area contributed by atoms with Crippen LogP contribution in [0.3, 0.4) is 0 Å². The second kappa shape index (κ2) is 7.02. The van der Waals surface area contributed by atoms with E-state index >= 15 is 0 Å². The van der Waals surface area contributed by atoms with Crippen LogP contribution in [0.5, 0.6) is 0 Å². The Balaban J connectivity index is 1.43. The highest BCUT2D eigenvalue weighted by Gasteiger charge is 2.13. The fourth-order valence-corrected chi connectivity index (χ4v) is 2.51. The van der Waals surface area contributed by atoms with Gasteiger partial charge in [0, 0.05) is 32.3 Å². The maximum atomic E-state index is 11.8. The Labute approximate surface area is 129 Å². The second-order valence-corrected chi connectivity index (χ2v) is 5.40. The Morgan fingerprint density at radius 3 is 2.82 bits per heavy atom. The number of aryl methyl sites for hydroxylation is 1. The van der Waals surface area contributed by atoms with Gasteiger partial charge in [-0.15, -0.1) is 0 Å². The molecule has 0 atom stereocenters. The number of rotatable bonds is 6. The summed E-state index contributed by atoms with van der Waals surface area (Å²) in [5.41, 5.74) is 1.01. The quantitative estimate of drug-likeness (QED) is 0.860. The van der Waals surface area contributed by atoms with E-state index in [0.717, 1.165) is 24.5 Å². The van der Waals surface area contributed by atoms with Gasteiger partial charge in [0.05, 0.1) is 6.54 Å². The van der Waals surface area contributed by atoms with E-state index in [4.69, 9.17) is 0 Å². The van der Waals surface area contributed by atoms with Gasteiger partial charge in [0.2, 0.25) is 5.91 Å². The van der Waals surface area contributed by atoms with Gasteiger partial charge in [-0.2, -0.15) is 5.10 Å². The number of nitrogens with one attached hydrogen (secondary N) is 1. The van der Waals surface area contributed by atoms with E-state index in [2.05, 4.69) is 25.3 Å². The topological polar surface area (TPSA) is 75.9 Å². The van der Waals surface area contributed by atoms with Crippen LogP contribution in [0.1, 0.15) is 24.8 Å². The molecule has 0 unspecified atom stereocenters. The Bertz CT molecular complexity index is 589. The summed E-state index contributed by atoms with van der Waals surface area (Å²) in [7, 11) is 0. The van der Waals surface area contributed by atoms with Crippen LogP contribution in [0.4, 0.5) is 5.82 Å². The number of carbonyl (C=O) groups excluding carboxylic acids is 1. The SMILES string of the molecule is O=C(CCn1cncn1)NCc1ccc(N2CCCC2)nc1. The number of hydrogen-bond donors (Lipinski definition) is 1. The number of nitrogens with zero attached hydrogens (tertiary/aromatic N) is 5. The van der Waals surface area contributed by atoms with Crippen molar-refractivity contribution in [1.29, 1.82) is 0 Å². The van der Waals surface area contributed by atoms with Crippen LogP contribution in [-0.2, 0) is 17.9 Å². The molecular weight excluding hydrogens is 280 g/mol. The number of pyridine rings is 1. The minimum Gasteiger partial charge on any atom is -0.357 e. The molecule has 3 rings (SSSR count). The summed E-state index contributed by atoms with van der Waals surface area (Å²) < 4.78 is 1.64. The molecule has 0 radical (unpaired) electrons. The monoisotopic (exact) mass is 300 g/mol. The van der Waals surface area contributed by atoms with Crippen molar-refractivity contribution >= 4 is 11.7 Å². The van der Waals surface area contributed by atoms with Gasteiger partial charge in [-0.3, -0.25) is 9.48 Å². The molecule has 116 valence electrons. The van der Waals surface area contributed by atoms with Crippen molar-refractivity contribution in [3.8, 4) is 0 Å². The van der Waals surface area contributed by atoms with Gasteiger partial charge in [0.1, 0.15) is 18.5 Å². The van der Waals surface area contributed by atoms with Gasteiger partial charge in [-0.05, 0) is 24.5 Å². The first-order valence-electron chi connectivity index (χ1n) is 7.60. The van der Waals surface area contributed by atoms with Gasteiger partial charge >= 0.3 is 0 Å². The molecule has 0 saturated carbocycles. The number of anilines is 1. The minimum atomic E-state index is -0.000815. The smallest absolute Gasteiger partial charge is 0.222 e. The lowest BCUT2D eigenvalue weighted by Crippen LogP contribution is -2.24. The fraction of sp³-hybridized carbons (Fsp3) is 0.467. The van der Waals surface area contributed by atoms with Crippen LogP contribution >= 0.6 is 0 Å². The molecule has 0 aromatic carbocycles. The summed E-state index contributed by atoms with van der Waals surface area (Å²) in [5, 5.41) is 6.86. The zero-order valence-corrected chi connectivity index (χ0v) is 12.5. The van der Waals surface area contributed by atoms with Crippen LogP contribution in [0, 0.1) is 0 Å². The second-order valence-electron chi connectivity index (χ2n) is 5.40. The normalized spacial score (nSPS) is 14.3. The summed E-state index contributed by atoms with van der Waals surface area (Å²) in [4.78, 5) is 22.4. The first kappa shape index (κ1) is 14.5. The molecule has 0 spiro atoms. The Morgan fingerprint density at radius 2 is 2.14 bits per heavy atom. The Hall–Kier alpha value is -2.44. The predicted octanol–water partition coefficient (Wildman–Crippen LogP) is 0.980. The van der Waals surface area contributed by atoms with Gasteiger partial charge in [-0.1, -0.05) is 6.07 Å². The van der Waals surface area contributed by atoms with Crippen molar-refractivity contribution in [2.24, 2.45) is 0 Å². The maximum absolute atomic E-state index is 11.8. The lowest BCUT2D eigenvalue weighted by atomic mass is 10.2. The highest BCUT2D eigenvalue weighted by molar-refractivity contribution is 5.75. The average Bonchev–Trinajstić information content (AvgIpc) is 3.24. The van der Waals surface area contributed by atoms with Crippen molar-refractivity contribution in [3.05, 3.63) is 36.5 Å². The number of aromatic nitrogens is 4. The van der Waals surface area contributed by atoms with E-state index in [0.29, 0.717) is 19.5 Å². The molecule has 2 aromatic rings. The lowest BCUT2D eigenvalue weighted by Gasteiger charge is -2.16. The Morgan fingerprint density at radius 1 is 1.27 bits per heavy atom. The van der Waals surface area contributed by atoms with Crippen LogP contribution in [-0.4, -0.2) is 38.7 Å². The molecule has 22 heavy (non-hydrogen) atoms. The van der Waals surface area contributed by atoms with Crippen molar-refractivity contribution in [3.63, 3.8) is 0 Å². The Kier molecular flexibility index (Phi) is 4.62. The zero-order valence-electron chi connectivity index (χ0n) is 12.5. The standard InChI is InChI=1S/C15H20N6O/c22-15(5-8-21-12-16-11-19-21)18-10-13-3-4-14(17-9-13)20-6-1-2-7-20/h3-4,9,11-12H,1-2,5-8,10H2,(H,18,22). The molecule has 1 amide bonds. The van der Waals surface area contributed by atoms with E-state index in [1.54, 1.807) is 11.0 Å². The van der Waals surface area contributed by atoms with E-state index < -0.39 is 0 Å². The van der Waals surface area contributed by atoms with Gasteiger partial charge in [0.15, 0.2) is 0 Å². The van der Waals surface area contributed by atoms with E-state index in [1.165, 1.54) is 19.2 Å².